The lowest BCUT2D eigenvalue weighted by atomic mass is 10.0. The Kier molecular flexibility index (Phi) is 3.92. The highest BCUT2D eigenvalue weighted by atomic mass is 35.5. The molecule has 1 aromatic carbocycles. The summed E-state index contributed by atoms with van der Waals surface area (Å²) in [5.74, 6) is -0.311. The van der Waals surface area contributed by atoms with Crippen LogP contribution in [0.3, 0.4) is 0 Å². The molecule has 7 heteroatoms. The third-order valence-corrected chi connectivity index (χ3v) is 3.94. The molecule has 3 aromatic rings. The molecule has 1 amide bonds. The van der Waals surface area contributed by atoms with Crippen LogP contribution in [0, 0.1) is 6.92 Å². The van der Waals surface area contributed by atoms with Crippen molar-refractivity contribution in [1.82, 2.24) is 19.9 Å². The second-order valence-electron chi connectivity index (χ2n) is 5.18. The topological polar surface area (TPSA) is 79.5 Å². The average molecular weight is 331 g/mol. The van der Waals surface area contributed by atoms with E-state index in [1.165, 1.54) is 17.8 Å². The summed E-state index contributed by atoms with van der Waals surface area (Å²) in [4.78, 5) is 16.3. The van der Waals surface area contributed by atoms with Crippen molar-refractivity contribution in [3.05, 3.63) is 57.9 Å². The summed E-state index contributed by atoms with van der Waals surface area (Å²) in [6.45, 7) is 1.80. The van der Waals surface area contributed by atoms with Crippen LogP contribution in [0.25, 0.3) is 5.65 Å². The van der Waals surface area contributed by atoms with Crippen LogP contribution in [-0.2, 0) is 6.42 Å². The van der Waals surface area contributed by atoms with Crippen LogP contribution < -0.4 is 5.32 Å². The van der Waals surface area contributed by atoms with Gasteiger partial charge >= 0.3 is 0 Å². The van der Waals surface area contributed by atoms with Crippen LogP contribution >= 0.6 is 11.6 Å². The van der Waals surface area contributed by atoms with Crippen molar-refractivity contribution in [3.63, 3.8) is 0 Å². The van der Waals surface area contributed by atoms with E-state index in [9.17, 15) is 9.90 Å². The predicted molar refractivity (Wildman–Crippen MR) is 87.0 cm³/mol. The predicted octanol–water partition coefficient (Wildman–Crippen LogP) is 2.35. The van der Waals surface area contributed by atoms with Crippen molar-refractivity contribution >= 4 is 23.2 Å². The lowest BCUT2D eigenvalue weighted by Crippen LogP contribution is -2.18. The number of aryl methyl sites for hydroxylation is 1. The minimum Gasteiger partial charge on any atom is -0.493 e. The van der Waals surface area contributed by atoms with Crippen LogP contribution in [0.4, 0.5) is 0 Å². The number of carbonyl (C=O) groups is 1. The zero-order chi connectivity index (χ0) is 16.6. The molecule has 2 heterocycles. The molecule has 0 aliphatic heterocycles. The van der Waals surface area contributed by atoms with Crippen molar-refractivity contribution in [2.24, 2.45) is 0 Å². The Balaban J connectivity index is 2.08. The first-order valence-electron chi connectivity index (χ1n) is 7.04. The number of rotatable bonds is 3. The first-order chi connectivity index (χ1) is 11.0. The SMILES string of the molecule is CNC(=O)c1cnn2c(O)c(Cc3ccc(Cl)cc3)c(C)nc12. The van der Waals surface area contributed by atoms with Crippen molar-refractivity contribution in [3.8, 4) is 5.88 Å². The second-order valence-corrected chi connectivity index (χ2v) is 5.61. The molecule has 0 unspecified atom stereocenters. The molecule has 6 nitrogen and oxygen atoms in total. The van der Waals surface area contributed by atoms with E-state index in [1.54, 1.807) is 19.1 Å². The molecule has 0 fully saturated rings. The van der Waals surface area contributed by atoms with E-state index in [-0.39, 0.29) is 11.8 Å². The highest BCUT2D eigenvalue weighted by Crippen LogP contribution is 2.25. The molecule has 0 spiro atoms. The van der Waals surface area contributed by atoms with Gasteiger partial charge in [-0.2, -0.15) is 9.61 Å². The monoisotopic (exact) mass is 330 g/mol. The summed E-state index contributed by atoms with van der Waals surface area (Å²) in [6, 6.07) is 7.38. The maximum absolute atomic E-state index is 11.8. The van der Waals surface area contributed by atoms with Gasteiger partial charge in [-0.15, -0.1) is 0 Å². The maximum Gasteiger partial charge on any atom is 0.256 e. The molecule has 0 saturated carbocycles. The summed E-state index contributed by atoms with van der Waals surface area (Å²) < 4.78 is 1.28. The summed E-state index contributed by atoms with van der Waals surface area (Å²) in [7, 11) is 1.54. The Morgan fingerprint density at radius 2 is 2.04 bits per heavy atom. The van der Waals surface area contributed by atoms with Gasteiger partial charge in [0.1, 0.15) is 5.56 Å². The summed E-state index contributed by atoms with van der Waals surface area (Å²) >= 11 is 5.89. The van der Waals surface area contributed by atoms with Crippen LogP contribution in [0.2, 0.25) is 5.02 Å². The molecular formula is C16H15ClN4O2. The Morgan fingerprint density at radius 1 is 1.35 bits per heavy atom. The largest absolute Gasteiger partial charge is 0.493 e. The highest BCUT2D eigenvalue weighted by molar-refractivity contribution is 6.30. The number of benzene rings is 1. The number of amides is 1. The molecule has 0 saturated heterocycles. The first kappa shape index (κ1) is 15.3. The average Bonchev–Trinajstić information content (AvgIpc) is 2.96. The molecule has 0 aliphatic carbocycles. The van der Waals surface area contributed by atoms with Crippen LogP contribution in [0.1, 0.15) is 27.2 Å². The Morgan fingerprint density at radius 3 is 2.70 bits per heavy atom. The number of fused-ring (bicyclic) bond motifs is 1. The number of aromatic hydroxyl groups is 1. The zero-order valence-electron chi connectivity index (χ0n) is 12.7. The van der Waals surface area contributed by atoms with E-state index >= 15 is 0 Å². The fourth-order valence-corrected chi connectivity index (χ4v) is 2.55. The number of halogens is 1. The Labute approximate surface area is 137 Å². The molecule has 0 aliphatic rings. The highest BCUT2D eigenvalue weighted by Gasteiger charge is 2.19. The van der Waals surface area contributed by atoms with Crippen LogP contribution in [-0.4, -0.2) is 32.7 Å². The number of hydrogen-bond donors (Lipinski definition) is 2. The summed E-state index contributed by atoms with van der Waals surface area (Å²) in [6.07, 6.45) is 1.89. The summed E-state index contributed by atoms with van der Waals surface area (Å²) in [5.41, 5.74) is 2.96. The molecule has 0 atom stereocenters. The Hall–Kier alpha value is -2.60. The van der Waals surface area contributed by atoms with E-state index in [2.05, 4.69) is 15.4 Å². The zero-order valence-corrected chi connectivity index (χ0v) is 13.4. The number of hydrogen-bond acceptors (Lipinski definition) is 4. The van der Waals surface area contributed by atoms with E-state index in [0.717, 1.165) is 5.56 Å². The van der Waals surface area contributed by atoms with Crippen LogP contribution in [0.5, 0.6) is 5.88 Å². The standard InChI is InChI=1S/C16H15ClN4O2/c1-9-12(7-10-3-5-11(17)6-4-10)16(23)21-14(20-9)13(8-19-21)15(22)18-2/h3-6,8,23H,7H2,1-2H3,(H,18,22). The molecule has 23 heavy (non-hydrogen) atoms. The van der Waals surface area contributed by atoms with Crippen LogP contribution in [0.15, 0.2) is 30.5 Å². The lowest BCUT2D eigenvalue weighted by molar-refractivity contribution is 0.0964. The van der Waals surface area contributed by atoms with Crippen molar-refractivity contribution in [1.29, 1.82) is 0 Å². The van der Waals surface area contributed by atoms with E-state index in [4.69, 9.17) is 11.6 Å². The second kappa shape index (κ2) is 5.89. The number of nitrogens with one attached hydrogen (secondary N) is 1. The van der Waals surface area contributed by atoms with Gasteiger partial charge in [0, 0.05) is 29.7 Å². The van der Waals surface area contributed by atoms with Crippen molar-refractivity contribution < 1.29 is 9.90 Å². The van der Waals surface area contributed by atoms with Crippen molar-refractivity contribution in [2.45, 2.75) is 13.3 Å². The fraction of sp³-hybridized carbons (Fsp3) is 0.188. The first-order valence-corrected chi connectivity index (χ1v) is 7.41. The molecule has 2 N–H and O–H groups in total. The summed E-state index contributed by atoms with van der Waals surface area (Å²) in [5, 5.41) is 17.8. The molecule has 118 valence electrons. The van der Waals surface area contributed by atoms with Gasteiger partial charge in [-0.3, -0.25) is 4.79 Å². The van der Waals surface area contributed by atoms with E-state index < -0.39 is 0 Å². The molecule has 0 radical (unpaired) electrons. The number of carbonyl (C=O) groups excluding carboxylic acids is 1. The Bertz CT molecular complexity index is 887. The third kappa shape index (κ3) is 2.73. The van der Waals surface area contributed by atoms with Gasteiger partial charge in [-0.1, -0.05) is 23.7 Å². The van der Waals surface area contributed by atoms with Gasteiger partial charge in [-0.25, -0.2) is 4.98 Å². The van der Waals surface area contributed by atoms with E-state index in [0.29, 0.717) is 33.9 Å². The maximum atomic E-state index is 11.8. The smallest absolute Gasteiger partial charge is 0.256 e. The molecule has 0 bridgehead atoms. The molecular weight excluding hydrogens is 316 g/mol. The third-order valence-electron chi connectivity index (χ3n) is 3.69. The molecule has 3 rings (SSSR count). The van der Waals surface area contributed by atoms with E-state index in [1.807, 2.05) is 12.1 Å². The van der Waals surface area contributed by atoms with Gasteiger partial charge < -0.3 is 10.4 Å². The van der Waals surface area contributed by atoms with Gasteiger partial charge in [0.15, 0.2) is 5.65 Å². The quantitative estimate of drug-likeness (QED) is 0.772. The van der Waals surface area contributed by atoms with Gasteiger partial charge in [0.2, 0.25) is 5.88 Å². The lowest BCUT2D eigenvalue weighted by Gasteiger charge is -2.10. The number of nitrogens with zero attached hydrogens (tertiary/aromatic N) is 3. The molecule has 2 aromatic heterocycles. The minimum atomic E-state index is -0.295. The van der Waals surface area contributed by atoms with Gasteiger partial charge in [0.25, 0.3) is 5.91 Å². The van der Waals surface area contributed by atoms with Crippen molar-refractivity contribution in [2.75, 3.05) is 7.05 Å². The number of aromatic nitrogens is 3. The van der Waals surface area contributed by atoms with Gasteiger partial charge in [-0.05, 0) is 24.6 Å². The van der Waals surface area contributed by atoms with Gasteiger partial charge in [0.05, 0.1) is 6.20 Å². The minimum absolute atomic E-state index is 0.0161. The normalized spacial score (nSPS) is 10.9. The fourth-order valence-electron chi connectivity index (χ4n) is 2.43.